The van der Waals surface area contributed by atoms with Crippen molar-refractivity contribution in [2.75, 3.05) is 42.0 Å². The zero-order chi connectivity index (χ0) is 21.6. The number of ether oxygens (including phenoxy) is 2. The third-order valence-electron chi connectivity index (χ3n) is 4.53. The molecule has 0 radical (unpaired) electrons. The van der Waals surface area contributed by atoms with E-state index in [1.807, 2.05) is 18.2 Å². The van der Waals surface area contributed by atoms with Crippen LogP contribution in [0.25, 0.3) is 0 Å². The summed E-state index contributed by atoms with van der Waals surface area (Å²) < 4.78 is 35.7. The first kappa shape index (κ1) is 22.7. The Morgan fingerprint density at radius 1 is 0.931 bits per heavy atom. The van der Waals surface area contributed by atoms with Crippen molar-refractivity contribution in [3.8, 4) is 11.5 Å². The van der Waals surface area contributed by atoms with Gasteiger partial charge in [0, 0.05) is 26.2 Å². The van der Waals surface area contributed by atoms with Crippen LogP contribution in [0.1, 0.15) is 15.9 Å². The zero-order valence-electron chi connectivity index (χ0n) is 17.2. The first-order chi connectivity index (χ1) is 13.7. The van der Waals surface area contributed by atoms with E-state index in [9.17, 15) is 13.2 Å². The molecule has 0 spiro atoms. The molecule has 0 fully saturated rings. The predicted molar refractivity (Wildman–Crippen MR) is 109 cm³/mol. The first-order valence-electron chi connectivity index (χ1n) is 8.84. The number of carbonyl (C=O) groups excluding carboxylic acids is 1. The van der Waals surface area contributed by atoms with Crippen LogP contribution in [0.4, 0.5) is 0 Å². The molecule has 0 aliphatic rings. The first-order valence-corrected chi connectivity index (χ1v) is 10.3. The van der Waals surface area contributed by atoms with Crippen molar-refractivity contribution in [2.24, 2.45) is 0 Å². The lowest BCUT2D eigenvalue weighted by Crippen LogP contribution is -2.29. The molecule has 29 heavy (non-hydrogen) atoms. The van der Waals surface area contributed by atoms with Crippen molar-refractivity contribution in [1.82, 2.24) is 9.37 Å². The van der Waals surface area contributed by atoms with Crippen LogP contribution in [0.5, 0.6) is 11.5 Å². The van der Waals surface area contributed by atoms with Crippen LogP contribution in [0, 0.1) is 0 Å². The molecule has 8 nitrogen and oxygen atoms in total. The van der Waals surface area contributed by atoms with Gasteiger partial charge in [-0.05, 0) is 48.4 Å². The van der Waals surface area contributed by atoms with Gasteiger partial charge in [-0.15, -0.1) is 0 Å². The molecule has 2 aromatic carbocycles. The summed E-state index contributed by atoms with van der Waals surface area (Å²) in [6.07, 6.45) is 0.633. The maximum Gasteiger partial charge on any atom is 0.264 e. The molecule has 0 aliphatic carbocycles. The van der Waals surface area contributed by atoms with Crippen molar-refractivity contribution in [2.45, 2.75) is 11.3 Å². The minimum Gasteiger partial charge on any atom is -0.493 e. The third kappa shape index (κ3) is 5.26. The number of likely N-dealkylation sites (N-methyl/N-ethyl adjacent to an activating group) is 1. The highest BCUT2D eigenvalue weighted by atomic mass is 32.2. The molecule has 0 atom stereocenters. The Hall–Kier alpha value is -2.62. The molecule has 2 aromatic rings. The fourth-order valence-electron chi connectivity index (χ4n) is 2.67. The number of amides is 1. The van der Waals surface area contributed by atoms with Crippen LogP contribution in [-0.2, 0) is 21.3 Å². The van der Waals surface area contributed by atoms with Crippen molar-refractivity contribution in [3.63, 3.8) is 0 Å². The second-order valence-corrected chi connectivity index (χ2v) is 8.22. The van der Waals surface area contributed by atoms with Gasteiger partial charge >= 0.3 is 0 Å². The highest BCUT2D eigenvalue weighted by Gasteiger charge is 2.21. The van der Waals surface area contributed by atoms with Crippen molar-refractivity contribution < 1.29 is 27.5 Å². The van der Waals surface area contributed by atoms with Crippen LogP contribution >= 0.6 is 0 Å². The van der Waals surface area contributed by atoms with E-state index < -0.39 is 10.0 Å². The molecule has 9 heteroatoms. The number of nitrogens with zero attached hydrogens (tertiary/aromatic N) is 2. The average Bonchev–Trinajstić information content (AvgIpc) is 2.75. The Kier molecular flexibility index (Phi) is 7.60. The second kappa shape index (κ2) is 9.73. The van der Waals surface area contributed by atoms with E-state index in [1.165, 1.54) is 38.4 Å². The van der Waals surface area contributed by atoms with E-state index in [0.717, 1.165) is 10.0 Å². The molecule has 0 aliphatic heterocycles. The summed E-state index contributed by atoms with van der Waals surface area (Å²) in [6, 6.07) is 11.4. The number of rotatable bonds is 9. The fourth-order valence-corrected chi connectivity index (χ4v) is 3.64. The van der Waals surface area contributed by atoms with Gasteiger partial charge in [0.1, 0.15) is 0 Å². The van der Waals surface area contributed by atoms with Gasteiger partial charge in [0.05, 0.1) is 26.2 Å². The number of hydrogen-bond donors (Lipinski definition) is 0. The number of methoxy groups -OCH3 is 2. The van der Waals surface area contributed by atoms with Crippen molar-refractivity contribution in [1.29, 1.82) is 0 Å². The number of sulfonamides is 1. The fraction of sp³-hybridized carbons (Fsp3) is 0.350. The summed E-state index contributed by atoms with van der Waals surface area (Å²) in [4.78, 5) is 19.0. The Balaban J connectivity index is 2.05. The van der Waals surface area contributed by atoms with E-state index in [1.54, 1.807) is 26.2 Å². The number of hydroxylamine groups is 1. The lowest BCUT2D eigenvalue weighted by Gasteiger charge is -2.18. The lowest BCUT2D eigenvalue weighted by molar-refractivity contribution is -0.0258. The largest absolute Gasteiger partial charge is 0.493 e. The molecule has 0 saturated heterocycles. The van der Waals surface area contributed by atoms with E-state index >= 15 is 0 Å². The number of benzene rings is 2. The molecule has 0 bridgehead atoms. The summed E-state index contributed by atoms with van der Waals surface area (Å²) in [7, 11) is 3.68. The van der Waals surface area contributed by atoms with E-state index in [0.29, 0.717) is 30.0 Å². The van der Waals surface area contributed by atoms with Crippen LogP contribution in [0.3, 0.4) is 0 Å². The van der Waals surface area contributed by atoms with E-state index in [4.69, 9.17) is 14.3 Å². The Bertz CT molecular complexity index is 944. The second-order valence-electron chi connectivity index (χ2n) is 6.29. The van der Waals surface area contributed by atoms with Crippen molar-refractivity contribution in [3.05, 3.63) is 53.6 Å². The van der Waals surface area contributed by atoms with E-state index in [-0.39, 0.29) is 10.8 Å². The normalized spacial score (nSPS) is 11.4. The van der Waals surface area contributed by atoms with Gasteiger partial charge < -0.3 is 14.4 Å². The van der Waals surface area contributed by atoms with Crippen LogP contribution in [-0.4, -0.2) is 65.7 Å². The van der Waals surface area contributed by atoms with Gasteiger partial charge in [-0.25, -0.2) is 8.42 Å². The summed E-state index contributed by atoms with van der Waals surface area (Å²) in [5.41, 5.74) is 1.41. The Labute approximate surface area is 171 Å². The molecular formula is C20H26N2O6S. The van der Waals surface area contributed by atoms with Crippen LogP contribution in [0.2, 0.25) is 0 Å². The molecule has 0 N–H and O–H groups in total. The number of carbonyl (C=O) groups is 1. The molecule has 2 rings (SSSR count). The predicted octanol–water partition coefficient (Wildman–Crippen LogP) is 2.20. The highest BCUT2D eigenvalue weighted by Crippen LogP contribution is 2.27. The highest BCUT2D eigenvalue weighted by molar-refractivity contribution is 7.89. The van der Waals surface area contributed by atoms with Gasteiger partial charge in [-0.2, -0.15) is 0 Å². The van der Waals surface area contributed by atoms with E-state index in [2.05, 4.69) is 0 Å². The molecule has 158 valence electrons. The molecule has 1 amide bonds. The maximum atomic E-state index is 12.6. The standard InChI is InChI=1S/C20H26N2O6S/c1-21(13-12-15-6-11-18(26-3)19(14-15)27-4)20(23)16-7-9-17(10-8-16)29(24,25)22(2)28-5/h6-11,14H,12-13H2,1-5H3. The van der Waals surface area contributed by atoms with Gasteiger partial charge in [-0.1, -0.05) is 10.5 Å². The quantitative estimate of drug-likeness (QED) is 0.576. The van der Waals surface area contributed by atoms with Gasteiger partial charge in [-0.3, -0.25) is 9.63 Å². The maximum absolute atomic E-state index is 12.6. The summed E-state index contributed by atoms with van der Waals surface area (Å²) in [5, 5.41) is 0. The lowest BCUT2D eigenvalue weighted by atomic mass is 10.1. The molecule has 0 aromatic heterocycles. The third-order valence-corrected chi connectivity index (χ3v) is 6.22. The Morgan fingerprint density at radius 3 is 2.10 bits per heavy atom. The molecule has 0 saturated carbocycles. The minimum atomic E-state index is -3.75. The van der Waals surface area contributed by atoms with Crippen LogP contribution < -0.4 is 9.47 Å². The number of hydrogen-bond acceptors (Lipinski definition) is 6. The minimum absolute atomic E-state index is 0.0476. The van der Waals surface area contributed by atoms with Crippen molar-refractivity contribution >= 4 is 15.9 Å². The SMILES string of the molecule is COc1ccc(CCN(C)C(=O)c2ccc(S(=O)(=O)N(C)OC)cc2)cc1OC. The van der Waals surface area contributed by atoms with Gasteiger partial charge in [0.2, 0.25) is 0 Å². The van der Waals surface area contributed by atoms with Gasteiger partial charge in [0.15, 0.2) is 11.5 Å². The summed E-state index contributed by atoms with van der Waals surface area (Å²) >= 11 is 0. The topological polar surface area (TPSA) is 85.4 Å². The average molecular weight is 423 g/mol. The van der Waals surface area contributed by atoms with Crippen LogP contribution in [0.15, 0.2) is 47.4 Å². The monoisotopic (exact) mass is 422 g/mol. The van der Waals surface area contributed by atoms with Gasteiger partial charge in [0.25, 0.3) is 15.9 Å². The smallest absolute Gasteiger partial charge is 0.264 e. The zero-order valence-corrected chi connectivity index (χ0v) is 18.0. The summed E-state index contributed by atoms with van der Waals surface area (Å²) in [5.74, 6) is 1.08. The molecular weight excluding hydrogens is 396 g/mol. The molecule has 0 heterocycles. The molecule has 0 unspecified atom stereocenters. The summed E-state index contributed by atoms with van der Waals surface area (Å²) in [6.45, 7) is 0.487. The Morgan fingerprint density at radius 2 is 1.55 bits per heavy atom.